The van der Waals surface area contributed by atoms with Crippen LogP contribution in [0, 0.1) is 0 Å². The number of carbonyl (C=O) groups is 1. The summed E-state index contributed by atoms with van der Waals surface area (Å²) in [5.41, 5.74) is 2.25. The van der Waals surface area contributed by atoms with Crippen LogP contribution in [-0.2, 0) is 5.41 Å². The lowest BCUT2D eigenvalue weighted by molar-refractivity contribution is 0.262. The van der Waals surface area contributed by atoms with Gasteiger partial charge < -0.3 is 20.3 Å². The Hall–Kier alpha value is -3.44. The second-order valence-corrected chi connectivity index (χ2v) is 11.4. The van der Waals surface area contributed by atoms with Gasteiger partial charge in [-0.1, -0.05) is 39.0 Å². The summed E-state index contributed by atoms with van der Waals surface area (Å²) in [6.07, 6.45) is 3.68. The predicted molar refractivity (Wildman–Crippen MR) is 179 cm³/mol. The highest BCUT2D eigenvalue weighted by Gasteiger charge is 2.22. The van der Waals surface area contributed by atoms with Crippen molar-refractivity contribution in [3.8, 4) is 17.2 Å². The van der Waals surface area contributed by atoms with Crippen LogP contribution in [0.4, 0.5) is 22.1 Å². The lowest BCUT2D eigenvalue weighted by Crippen LogP contribution is -2.21. The second-order valence-electron chi connectivity index (χ2n) is 10.6. The summed E-state index contributed by atoms with van der Waals surface area (Å²) >= 11 is 1.52. The molecule has 0 atom stereocenters. The van der Waals surface area contributed by atoms with Crippen molar-refractivity contribution in [2.24, 2.45) is 0 Å². The number of halogens is 2. The van der Waals surface area contributed by atoms with E-state index >= 15 is 0 Å². The van der Waals surface area contributed by atoms with E-state index in [1.165, 1.54) is 11.8 Å². The van der Waals surface area contributed by atoms with Crippen molar-refractivity contribution in [1.29, 1.82) is 0 Å². The first-order valence-corrected chi connectivity index (χ1v) is 14.3. The first-order chi connectivity index (χ1) is 19.1. The molecule has 4 aromatic rings. The number of rotatable bonds is 10. The van der Waals surface area contributed by atoms with Gasteiger partial charge in [-0.2, -0.15) is 5.10 Å². The molecule has 2 heterocycles. The van der Waals surface area contributed by atoms with Gasteiger partial charge in [0.2, 0.25) is 0 Å². The summed E-state index contributed by atoms with van der Waals surface area (Å²) < 4.78 is 7.86. The Kier molecular flexibility index (Phi) is 13.0. The molecule has 0 radical (unpaired) electrons. The second kappa shape index (κ2) is 15.7. The van der Waals surface area contributed by atoms with E-state index < -0.39 is 0 Å². The number of urea groups is 1. The minimum atomic E-state index is -0.357. The van der Waals surface area contributed by atoms with Gasteiger partial charge in [0, 0.05) is 41.7 Å². The molecule has 12 heteroatoms. The molecule has 0 fully saturated rings. The number of nitrogens with zero attached hydrogens (tertiary/aromatic N) is 4. The van der Waals surface area contributed by atoms with Crippen molar-refractivity contribution >= 4 is 59.9 Å². The highest BCUT2D eigenvalue weighted by molar-refractivity contribution is 7.98. The minimum absolute atomic E-state index is 0. The summed E-state index contributed by atoms with van der Waals surface area (Å²) in [5, 5.41) is 14.0. The normalized spacial score (nSPS) is 10.8. The van der Waals surface area contributed by atoms with Crippen molar-refractivity contribution in [2.45, 2.75) is 31.1 Å². The fourth-order valence-electron chi connectivity index (χ4n) is 3.83. The SMILES string of the molecule is CSc1cc(Oc2ccnc(NCCN(C)C)c2)ccc1NC(=O)Nc1cc(C(C)(C)C)nn1-c1ccccc1.Cl.Cl. The molecule has 0 unspecified atom stereocenters. The standard InChI is InChI=1S/C30H37N7O2S.2ClH/c1-30(2,3)26-20-28(37(35-26)21-10-8-7-9-11-21)34-29(38)33-24-13-12-22(18-25(24)40-6)39-23-14-15-31-27(19-23)32-16-17-36(4)5;;/h7-15,18-20H,16-17H2,1-6H3,(H,31,32)(H2,33,34,38);2*1H. The molecule has 42 heavy (non-hydrogen) atoms. The molecule has 0 saturated heterocycles. The van der Waals surface area contributed by atoms with E-state index in [0.717, 1.165) is 35.2 Å². The molecular formula is C30H39Cl2N7O2S. The minimum Gasteiger partial charge on any atom is -0.457 e. The first-order valence-electron chi connectivity index (χ1n) is 13.1. The Morgan fingerprint density at radius 2 is 1.69 bits per heavy atom. The van der Waals surface area contributed by atoms with Crippen molar-refractivity contribution in [2.75, 3.05) is 49.4 Å². The molecule has 2 aromatic carbocycles. The number of nitrogens with one attached hydrogen (secondary N) is 3. The van der Waals surface area contributed by atoms with Crippen LogP contribution in [0.3, 0.4) is 0 Å². The van der Waals surface area contributed by atoms with Crippen LogP contribution >= 0.6 is 36.6 Å². The Balaban J connectivity index is 0.00000308. The van der Waals surface area contributed by atoms with E-state index in [1.807, 2.05) is 87.1 Å². The van der Waals surface area contributed by atoms with Gasteiger partial charge in [-0.15, -0.1) is 36.6 Å². The van der Waals surface area contributed by atoms with Gasteiger partial charge in [-0.25, -0.2) is 14.5 Å². The number of para-hydroxylation sites is 1. The van der Waals surface area contributed by atoms with Crippen molar-refractivity contribution in [3.05, 3.63) is 78.6 Å². The number of aromatic nitrogens is 3. The van der Waals surface area contributed by atoms with Crippen LogP contribution in [-0.4, -0.2) is 59.1 Å². The van der Waals surface area contributed by atoms with E-state index in [2.05, 4.69) is 46.6 Å². The van der Waals surface area contributed by atoms with Gasteiger partial charge in [0.05, 0.1) is 17.1 Å². The van der Waals surface area contributed by atoms with Crippen molar-refractivity contribution in [1.82, 2.24) is 19.7 Å². The highest BCUT2D eigenvalue weighted by atomic mass is 35.5. The van der Waals surface area contributed by atoms with E-state index in [0.29, 0.717) is 23.0 Å². The molecule has 0 saturated carbocycles. The summed E-state index contributed by atoms with van der Waals surface area (Å²) in [6.45, 7) is 7.97. The van der Waals surface area contributed by atoms with Crippen LogP contribution in [0.1, 0.15) is 26.5 Å². The lowest BCUT2D eigenvalue weighted by Gasteiger charge is -2.14. The van der Waals surface area contributed by atoms with Gasteiger partial charge in [0.25, 0.3) is 0 Å². The molecular weight excluding hydrogens is 593 g/mol. The number of hydrogen-bond donors (Lipinski definition) is 3. The number of anilines is 3. The highest BCUT2D eigenvalue weighted by Crippen LogP contribution is 2.33. The van der Waals surface area contributed by atoms with Gasteiger partial charge in [-0.3, -0.25) is 5.32 Å². The molecule has 0 aliphatic rings. The number of ether oxygens (including phenoxy) is 1. The number of benzene rings is 2. The van der Waals surface area contributed by atoms with Gasteiger partial charge >= 0.3 is 6.03 Å². The van der Waals surface area contributed by atoms with Crippen molar-refractivity contribution < 1.29 is 9.53 Å². The van der Waals surface area contributed by atoms with Gasteiger partial charge in [0.1, 0.15) is 23.1 Å². The van der Waals surface area contributed by atoms with Crippen molar-refractivity contribution in [3.63, 3.8) is 0 Å². The summed E-state index contributed by atoms with van der Waals surface area (Å²) in [5.74, 6) is 2.69. The quantitative estimate of drug-likeness (QED) is 0.156. The molecule has 3 N–H and O–H groups in total. The largest absolute Gasteiger partial charge is 0.457 e. The van der Waals surface area contributed by atoms with E-state index in [-0.39, 0.29) is 36.3 Å². The zero-order valence-electron chi connectivity index (χ0n) is 24.7. The molecule has 0 bridgehead atoms. The molecule has 4 rings (SSSR count). The van der Waals surface area contributed by atoms with E-state index in [4.69, 9.17) is 9.84 Å². The number of thioether (sulfide) groups is 1. The summed E-state index contributed by atoms with van der Waals surface area (Å²) in [4.78, 5) is 20.5. The fourth-order valence-corrected chi connectivity index (χ4v) is 4.40. The van der Waals surface area contributed by atoms with Crippen LogP contribution in [0.2, 0.25) is 0 Å². The molecule has 0 aliphatic carbocycles. The molecule has 2 aromatic heterocycles. The maximum absolute atomic E-state index is 13.1. The third-order valence-electron chi connectivity index (χ3n) is 5.97. The first kappa shape index (κ1) is 34.8. The van der Waals surface area contributed by atoms with Gasteiger partial charge in [0.15, 0.2) is 0 Å². The average molecular weight is 633 g/mol. The third-order valence-corrected chi connectivity index (χ3v) is 6.75. The monoisotopic (exact) mass is 631 g/mol. The molecule has 0 aliphatic heterocycles. The summed E-state index contributed by atoms with van der Waals surface area (Å²) in [6, 6.07) is 20.6. The molecule has 9 nitrogen and oxygen atoms in total. The Labute approximate surface area is 264 Å². The topological polar surface area (TPSA) is 96.3 Å². The number of amides is 2. The Morgan fingerprint density at radius 1 is 0.976 bits per heavy atom. The number of carbonyl (C=O) groups excluding carboxylic acids is 1. The molecule has 2 amide bonds. The average Bonchev–Trinajstić information content (AvgIpc) is 3.34. The predicted octanol–water partition coefficient (Wildman–Crippen LogP) is 7.54. The summed E-state index contributed by atoms with van der Waals surface area (Å²) in [7, 11) is 4.06. The third kappa shape index (κ3) is 9.55. The molecule has 0 spiro atoms. The maximum atomic E-state index is 13.1. The number of likely N-dealkylation sites (N-methyl/N-ethyl adjacent to an activating group) is 1. The Morgan fingerprint density at radius 3 is 2.36 bits per heavy atom. The van der Waals surface area contributed by atoms with E-state index in [9.17, 15) is 4.79 Å². The number of pyridine rings is 1. The van der Waals surface area contributed by atoms with Crippen LogP contribution < -0.4 is 20.7 Å². The smallest absolute Gasteiger partial charge is 0.324 e. The van der Waals surface area contributed by atoms with Crippen LogP contribution in [0.5, 0.6) is 11.5 Å². The Bertz CT molecular complexity index is 1440. The molecule has 226 valence electrons. The number of hydrogen-bond acceptors (Lipinski definition) is 7. The van der Waals surface area contributed by atoms with E-state index in [1.54, 1.807) is 10.9 Å². The zero-order valence-corrected chi connectivity index (χ0v) is 27.1. The fraction of sp³-hybridized carbons (Fsp3) is 0.300. The maximum Gasteiger partial charge on any atom is 0.324 e. The van der Waals surface area contributed by atoms with Crippen LogP contribution in [0.15, 0.2) is 77.8 Å². The lowest BCUT2D eigenvalue weighted by atomic mass is 9.92. The van der Waals surface area contributed by atoms with Gasteiger partial charge in [-0.05, 0) is 56.7 Å². The zero-order chi connectivity index (χ0) is 28.7. The van der Waals surface area contributed by atoms with Crippen LogP contribution in [0.25, 0.3) is 5.69 Å².